The van der Waals surface area contributed by atoms with E-state index >= 15 is 0 Å². The maximum Gasteiger partial charge on any atom is 0.416 e. The largest absolute Gasteiger partial charge is 0.465 e. The molecule has 0 aromatic heterocycles. The van der Waals surface area contributed by atoms with Crippen LogP contribution >= 0.6 is 11.8 Å². The topological polar surface area (TPSA) is 64.6 Å². The van der Waals surface area contributed by atoms with Crippen molar-refractivity contribution in [1.29, 1.82) is 0 Å². The Labute approximate surface area is 148 Å². The Balaban J connectivity index is 2.72. The first-order valence-corrected chi connectivity index (χ1v) is 8.32. The normalized spacial score (nSPS) is 11.8. The van der Waals surface area contributed by atoms with Gasteiger partial charge in [0.15, 0.2) is 0 Å². The van der Waals surface area contributed by atoms with Gasteiger partial charge in [0.05, 0.1) is 18.2 Å². The van der Waals surface area contributed by atoms with Crippen molar-refractivity contribution in [2.75, 3.05) is 19.4 Å². The van der Waals surface area contributed by atoms with E-state index in [-0.39, 0.29) is 12.1 Å². The summed E-state index contributed by atoms with van der Waals surface area (Å²) in [5.74, 6) is -0.511. The van der Waals surface area contributed by atoms with Crippen molar-refractivity contribution in [3.8, 4) is 0 Å². The fourth-order valence-corrected chi connectivity index (χ4v) is 2.62. The number of ether oxygens (including phenoxy) is 2. The molecule has 0 atom stereocenters. The van der Waals surface area contributed by atoms with Crippen LogP contribution in [-0.2, 0) is 15.7 Å². The second kappa shape index (κ2) is 8.46. The molecule has 0 heterocycles. The van der Waals surface area contributed by atoms with Crippen LogP contribution in [0.5, 0.6) is 0 Å². The third-order valence-corrected chi connectivity index (χ3v) is 3.82. The van der Waals surface area contributed by atoms with E-state index in [2.05, 4.69) is 10.1 Å². The summed E-state index contributed by atoms with van der Waals surface area (Å²) in [7, 11) is 1.10. The lowest BCUT2D eigenvalue weighted by molar-refractivity contribution is -0.137. The molecule has 0 spiro atoms. The van der Waals surface area contributed by atoms with Crippen LogP contribution in [0.25, 0.3) is 0 Å². The molecule has 0 saturated heterocycles. The van der Waals surface area contributed by atoms with Gasteiger partial charge in [0.1, 0.15) is 5.60 Å². The number of hydrogen-bond donors (Lipinski definition) is 1. The molecule has 0 saturated carbocycles. The number of benzene rings is 1. The Morgan fingerprint density at radius 1 is 1.20 bits per heavy atom. The number of nitrogens with one attached hydrogen (secondary N) is 1. The fraction of sp³-hybridized carbons (Fsp3) is 0.500. The lowest BCUT2D eigenvalue weighted by atomic mass is 10.1. The second-order valence-electron chi connectivity index (χ2n) is 5.98. The highest BCUT2D eigenvalue weighted by molar-refractivity contribution is 7.99. The first-order valence-electron chi connectivity index (χ1n) is 7.33. The minimum absolute atomic E-state index is 0.167. The molecule has 25 heavy (non-hydrogen) atoms. The molecule has 1 aromatic carbocycles. The molecule has 0 radical (unpaired) electrons. The standard InChI is InChI=1S/C16H20F3NO4S/c1-15(2,3)24-14(22)20-7-8-25-12-6-5-10(16(17,18)19)9-11(12)13(21)23-4/h5-6,9H,7-8H2,1-4H3,(H,20,22). The van der Waals surface area contributed by atoms with E-state index in [1.165, 1.54) is 6.07 Å². The average Bonchev–Trinajstić information content (AvgIpc) is 2.48. The highest BCUT2D eigenvalue weighted by Crippen LogP contribution is 2.33. The van der Waals surface area contributed by atoms with Crippen molar-refractivity contribution >= 4 is 23.8 Å². The zero-order valence-electron chi connectivity index (χ0n) is 14.3. The molecular weight excluding hydrogens is 359 g/mol. The first kappa shape index (κ1) is 21.1. The molecule has 0 aliphatic heterocycles. The number of methoxy groups -OCH3 is 1. The van der Waals surface area contributed by atoms with Gasteiger partial charge in [0, 0.05) is 17.2 Å². The maximum atomic E-state index is 12.8. The molecule has 140 valence electrons. The van der Waals surface area contributed by atoms with Crippen LogP contribution in [0.15, 0.2) is 23.1 Å². The van der Waals surface area contributed by atoms with Gasteiger partial charge in [-0.15, -0.1) is 11.8 Å². The van der Waals surface area contributed by atoms with Crippen LogP contribution in [0.2, 0.25) is 0 Å². The molecule has 1 rings (SSSR count). The highest BCUT2D eigenvalue weighted by Gasteiger charge is 2.32. The van der Waals surface area contributed by atoms with Gasteiger partial charge in [0.25, 0.3) is 0 Å². The van der Waals surface area contributed by atoms with Crippen LogP contribution in [-0.4, -0.2) is 37.1 Å². The van der Waals surface area contributed by atoms with E-state index in [0.29, 0.717) is 10.6 Å². The summed E-state index contributed by atoms with van der Waals surface area (Å²) in [6.07, 6.45) is -5.14. The van der Waals surface area contributed by atoms with E-state index in [0.717, 1.165) is 31.0 Å². The van der Waals surface area contributed by atoms with Crippen LogP contribution < -0.4 is 5.32 Å². The molecule has 1 N–H and O–H groups in total. The summed E-state index contributed by atoms with van der Waals surface area (Å²) in [6, 6.07) is 2.87. The lowest BCUT2D eigenvalue weighted by Gasteiger charge is -2.19. The van der Waals surface area contributed by atoms with Gasteiger partial charge >= 0.3 is 18.2 Å². The number of rotatable bonds is 5. The summed E-state index contributed by atoms with van der Waals surface area (Å²) in [5.41, 5.74) is -1.72. The Morgan fingerprint density at radius 2 is 1.84 bits per heavy atom. The van der Waals surface area contributed by atoms with E-state index < -0.39 is 29.4 Å². The van der Waals surface area contributed by atoms with Gasteiger partial charge in [-0.05, 0) is 39.0 Å². The number of hydrogen-bond acceptors (Lipinski definition) is 5. The Kier molecular flexibility index (Phi) is 7.16. The molecule has 9 heteroatoms. The SMILES string of the molecule is COC(=O)c1cc(C(F)(F)F)ccc1SCCNC(=O)OC(C)(C)C. The van der Waals surface area contributed by atoms with Gasteiger partial charge in [-0.2, -0.15) is 13.2 Å². The minimum Gasteiger partial charge on any atom is -0.465 e. The maximum absolute atomic E-state index is 12.8. The average molecular weight is 379 g/mol. The molecule has 1 amide bonds. The molecule has 0 aliphatic carbocycles. The third kappa shape index (κ3) is 7.25. The van der Waals surface area contributed by atoms with Crippen molar-refractivity contribution in [2.45, 2.75) is 37.4 Å². The molecule has 0 unspecified atom stereocenters. The molecule has 0 fully saturated rings. The summed E-state index contributed by atoms with van der Waals surface area (Å²) >= 11 is 1.13. The Hall–Kier alpha value is -1.90. The van der Waals surface area contributed by atoms with Gasteiger partial charge in [-0.25, -0.2) is 9.59 Å². The number of thioether (sulfide) groups is 1. The molecule has 5 nitrogen and oxygen atoms in total. The number of amides is 1. The number of esters is 1. The smallest absolute Gasteiger partial charge is 0.416 e. The number of carbonyl (C=O) groups is 2. The monoisotopic (exact) mass is 379 g/mol. The van der Waals surface area contributed by atoms with Gasteiger partial charge in [-0.3, -0.25) is 0 Å². The third-order valence-electron chi connectivity index (χ3n) is 2.74. The lowest BCUT2D eigenvalue weighted by Crippen LogP contribution is -2.33. The quantitative estimate of drug-likeness (QED) is 0.474. The zero-order chi connectivity index (χ0) is 19.3. The van der Waals surface area contributed by atoms with Crippen LogP contribution in [0.3, 0.4) is 0 Å². The van der Waals surface area contributed by atoms with Crippen molar-refractivity contribution in [1.82, 2.24) is 5.32 Å². The summed E-state index contributed by atoms with van der Waals surface area (Å²) in [4.78, 5) is 23.6. The van der Waals surface area contributed by atoms with Gasteiger partial charge in [-0.1, -0.05) is 0 Å². The summed E-state index contributed by atoms with van der Waals surface area (Å²) in [6.45, 7) is 5.41. The highest BCUT2D eigenvalue weighted by atomic mass is 32.2. The predicted molar refractivity (Wildman–Crippen MR) is 87.7 cm³/mol. The Morgan fingerprint density at radius 3 is 2.36 bits per heavy atom. The van der Waals surface area contributed by atoms with Crippen molar-refractivity contribution in [3.63, 3.8) is 0 Å². The van der Waals surface area contributed by atoms with Crippen molar-refractivity contribution in [3.05, 3.63) is 29.3 Å². The first-order chi connectivity index (χ1) is 11.4. The molecule has 1 aromatic rings. The summed E-state index contributed by atoms with van der Waals surface area (Å²) in [5, 5.41) is 2.53. The van der Waals surface area contributed by atoms with Gasteiger partial charge < -0.3 is 14.8 Å². The van der Waals surface area contributed by atoms with Crippen molar-refractivity contribution < 1.29 is 32.2 Å². The second-order valence-corrected chi connectivity index (χ2v) is 7.11. The summed E-state index contributed by atoms with van der Waals surface area (Å²) < 4.78 is 47.9. The number of alkyl carbamates (subject to hydrolysis) is 1. The zero-order valence-corrected chi connectivity index (χ0v) is 15.1. The van der Waals surface area contributed by atoms with E-state index in [9.17, 15) is 22.8 Å². The van der Waals surface area contributed by atoms with E-state index in [1.807, 2.05) is 0 Å². The number of halogens is 3. The van der Waals surface area contributed by atoms with Gasteiger partial charge in [0.2, 0.25) is 0 Å². The minimum atomic E-state index is -4.55. The number of alkyl halides is 3. The van der Waals surface area contributed by atoms with E-state index in [1.54, 1.807) is 20.8 Å². The fourth-order valence-electron chi connectivity index (χ4n) is 1.73. The number of carbonyl (C=O) groups excluding carboxylic acids is 2. The molecular formula is C16H20F3NO4S. The molecule has 0 aliphatic rings. The van der Waals surface area contributed by atoms with Crippen LogP contribution in [0.1, 0.15) is 36.7 Å². The molecule has 0 bridgehead atoms. The Bertz CT molecular complexity index is 627. The van der Waals surface area contributed by atoms with E-state index in [4.69, 9.17) is 4.74 Å². The van der Waals surface area contributed by atoms with Crippen LogP contribution in [0, 0.1) is 0 Å². The van der Waals surface area contributed by atoms with Crippen molar-refractivity contribution in [2.24, 2.45) is 0 Å². The predicted octanol–water partition coefficient (Wildman–Crippen LogP) is 4.11. The van der Waals surface area contributed by atoms with Crippen LogP contribution in [0.4, 0.5) is 18.0 Å².